The Labute approximate surface area is 117 Å². The number of aliphatic hydroxyl groups is 1. The molecule has 6 nitrogen and oxygen atoms in total. The summed E-state index contributed by atoms with van der Waals surface area (Å²) in [4.78, 5) is -0.194. The molecule has 20 heavy (non-hydrogen) atoms. The van der Waals surface area contributed by atoms with Gasteiger partial charge in [0.05, 0.1) is 25.2 Å². The van der Waals surface area contributed by atoms with E-state index < -0.39 is 15.8 Å². The van der Waals surface area contributed by atoms with Crippen molar-refractivity contribution in [1.29, 1.82) is 0 Å². The van der Waals surface area contributed by atoms with E-state index in [-0.39, 0.29) is 36.9 Å². The number of halogens is 1. The van der Waals surface area contributed by atoms with E-state index in [0.29, 0.717) is 0 Å². The highest BCUT2D eigenvalue weighted by Gasteiger charge is 2.24. The van der Waals surface area contributed by atoms with Crippen molar-refractivity contribution in [3.8, 4) is 5.75 Å². The summed E-state index contributed by atoms with van der Waals surface area (Å²) >= 11 is 0. The molecule has 1 aromatic carbocycles. The third-order valence-electron chi connectivity index (χ3n) is 2.66. The van der Waals surface area contributed by atoms with E-state index >= 15 is 0 Å². The fourth-order valence-electron chi connectivity index (χ4n) is 1.61. The first-order valence-corrected chi connectivity index (χ1v) is 7.35. The SMILES string of the molecule is COCCN(CCO)S(=O)(=O)c1ccc(OC)c(F)c1. The van der Waals surface area contributed by atoms with Crippen LogP contribution < -0.4 is 4.74 Å². The molecule has 0 amide bonds. The van der Waals surface area contributed by atoms with Crippen LogP contribution >= 0.6 is 0 Å². The number of methoxy groups -OCH3 is 2. The lowest BCUT2D eigenvalue weighted by Gasteiger charge is -2.21. The number of hydrogen-bond donors (Lipinski definition) is 1. The number of benzene rings is 1. The largest absolute Gasteiger partial charge is 0.494 e. The second-order valence-electron chi connectivity index (χ2n) is 3.92. The van der Waals surface area contributed by atoms with E-state index in [1.54, 1.807) is 0 Å². The van der Waals surface area contributed by atoms with Crippen molar-refractivity contribution in [2.24, 2.45) is 0 Å². The fourth-order valence-corrected chi connectivity index (χ4v) is 3.04. The summed E-state index contributed by atoms with van der Waals surface area (Å²) < 4.78 is 48.9. The average molecular weight is 307 g/mol. The van der Waals surface area contributed by atoms with E-state index in [1.165, 1.54) is 26.4 Å². The molecule has 0 heterocycles. The number of hydrogen-bond acceptors (Lipinski definition) is 5. The molecular formula is C12H18FNO5S. The molecule has 0 aliphatic carbocycles. The third kappa shape index (κ3) is 3.89. The molecule has 0 aliphatic heterocycles. The number of aliphatic hydroxyl groups excluding tert-OH is 1. The zero-order valence-electron chi connectivity index (χ0n) is 11.4. The molecule has 0 radical (unpaired) electrons. The van der Waals surface area contributed by atoms with Crippen LogP contribution in [0.15, 0.2) is 23.1 Å². The summed E-state index contributed by atoms with van der Waals surface area (Å²) in [6.07, 6.45) is 0. The standard InChI is InChI=1S/C12H18FNO5S/c1-18-8-6-14(5-7-15)20(16,17)10-3-4-12(19-2)11(13)9-10/h3-4,9,15H,5-8H2,1-2H3. The highest BCUT2D eigenvalue weighted by Crippen LogP contribution is 2.22. The molecule has 0 unspecified atom stereocenters. The molecule has 0 bridgehead atoms. The monoisotopic (exact) mass is 307 g/mol. The van der Waals surface area contributed by atoms with Gasteiger partial charge in [0.1, 0.15) is 0 Å². The van der Waals surface area contributed by atoms with E-state index in [9.17, 15) is 12.8 Å². The smallest absolute Gasteiger partial charge is 0.243 e. The van der Waals surface area contributed by atoms with Crippen LogP contribution in [0.5, 0.6) is 5.75 Å². The first kappa shape index (κ1) is 16.8. The number of ether oxygens (including phenoxy) is 2. The topological polar surface area (TPSA) is 76.1 Å². The maximum atomic E-state index is 13.6. The quantitative estimate of drug-likeness (QED) is 0.755. The molecule has 0 spiro atoms. The molecule has 0 aliphatic rings. The van der Waals surface area contributed by atoms with Gasteiger partial charge in [0.15, 0.2) is 11.6 Å². The molecule has 1 rings (SSSR count). The summed E-state index contributed by atoms with van der Waals surface area (Å²) in [5, 5.41) is 8.94. The third-order valence-corrected chi connectivity index (χ3v) is 4.55. The number of rotatable bonds is 8. The van der Waals surface area contributed by atoms with Gasteiger partial charge in [-0.15, -0.1) is 0 Å². The van der Waals surface area contributed by atoms with Gasteiger partial charge in [-0.1, -0.05) is 0 Å². The summed E-state index contributed by atoms with van der Waals surface area (Å²) in [6.45, 7) is -0.161. The van der Waals surface area contributed by atoms with E-state index in [4.69, 9.17) is 14.6 Å². The molecule has 8 heteroatoms. The van der Waals surface area contributed by atoms with Gasteiger partial charge in [0, 0.05) is 20.2 Å². The van der Waals surface area contributed by atoms with Crippen LogP contribution in [0.2, 0.25) is 0 Å². The van der Waals surface area contributed by atoms with Crippen LogP contribution in [0.1, 0.15) is 0 Å². The highest BCUT2D eigenvalue weighted by atomic mass is 32.2. The minimum Gasteiger partial charge on any atom is -0.494 e. The fraction of sp³-hybridized carbons (Fsp3) is 0.500. The number of nitrogens with zero attached hydrogens (tertiary/aromatic N) is 1. The van der Waals surface area contributed by atoms with Gasteiger partial charge in [-0.25, -0.2) is 12.8 Å². The summed E-state index contributed by atoms with van der Waals surface area (Å²) in [7, 11) is -1.15. The molecule has 1 aromatic rings. The molecule has 0 atom stereocenters. The van der Waals surface area contributed by atoms with Crippen LogP contribution in [0, 0.1) is 5.82 Å². The Morgan fingerprint density at radius 2 is 2.00 bits per heavy atom. The van der Waals surface area contributed by atoms with Crippen molar-refractivity contribution < 1.29 is 27.4 Å². The Kier molecular flexibility index (Phi) is 6.34. The lowest BCUT2D eigenvalue weighted by Crippen LogP contribution is -2.36. The minimum absolute atomic E-state index is 0.0328. The Bertz CT molecular complexity index is 535. The lowest BCUT2D eigenvalue weighted by atomic mass is 10.3. The first-order chi connectivity index (χ1) is 9.47. The average Bonchev–Trinajstić information content (AvgIpc) is 2.43. The predicted molar refractivity (Wildman–Crippen MR) is 70.7 cm³/mol. The Hall–Kier alpha value is -1.22. The summed E-state index contributed by atoms with van der Waals surface area (Å²) in [6, 6.07) is 3.40. The van der Waals surface area contributed by atoms with Crippen LogP contribution in [-0.2, 0) is 14.8 Å². The van der Waals surface area contributed by atoms with Gasteiger partial charge in [-0.3, -0.25) is 0 Å². The van der Waals surface area contributed by atoms with Crippen LogP contribution in [0.25, 0.3) is 0 Å². The van der Waals surface area contributed by atoms with Gasteiger partial charge in [0.2, 0.25) is 10.0 Å². The Morgan fingerprint density at radius 1 is 1.30 bits per heavy atom. The first-order valence-electron chi connectivity index (χ1n) is 5.91. The molecular weight excluding hydrogens is 289 g/mol. The van der Waals surface area contributed by atoms with E-state index in [1.807, 2.05) is 0 Å². The van der Waals surface area contributed by atoms with Crippen molar-refractivity contribution in [3.63, 3.8) is 0 Å². The van der Waals surface area contributed by atoms with Crippen LogP contribution in [-0.4, -0.2) is 58.4 Å². The van der Waals surface area contributed by atoms with E-state index in [0.717, 1.165) is 10.4 Å². The van der Waals surface area contributed by atoms with Gasteiger partial charge in [-0.05, 0) is 18.2 Å². The molecule has 114 valence electrons. The zero-order chi connectivity index (χ0) is 15.2. The van der Waals surface area contributed by atoms with Crippen molar-refractivity contribution in [3.05, 3.63) is 24.0 Å². The molecule has 0 saturated heterocycles. The Balaban J connectivity index is 3.08. The van der Waals surface area contributed by atoms with Crippen molar-refractivity contribution in [2.75, 3.05) is 40.5 Å². The molecule has 0 fully saturated rings. The number of sulfonamides is 1. The van der Waals surface area contributed by atoms with Gasteiger partial charge >= 0.3 is 0 Å². The summed E-state index contributed by atoms with van der Waals surface area (Å²) in [5.41, 5.74) is 0. The maximum Gasteiger partial charge on any atom is 0.243 e. The second-order valence-corrected chi connectivity index (χ2v) is 5.85. The normalized spacial score (nSPS) is 11.8. The second kappa shape index (κ2) is 7.53. The van der Waals surface area contributed by atoms with Gasteiger partial charge in [-0.2, -0.15) is 4.31 Å². The zero-order valence-corrected chi connectivity index (χ0v) is 12.2. The van der Waals surface area contributed by atoms with Crippen molar-refractivity contribution in [1.82, 2.24) is 4.31 Å². The predicted octanol–water partition coefficient (Wildman–Crippen LogP) is 0.464. The molecule has 1 N–H and O–H groups in total. The highest BCUT2D eigenvalue weighted by molar-refractivity contribution is 7.89. The van der Waals surface area contributed by atoms with Crippen LogP contribution in [0.4, 0.5) is 4.39 Å². The molecule has 0 aromatic heterocycles. The van der Waals surface area contributed by atoms with Crippen molar-refractivity contribution in [2.45, 2.75) is 4.90 Å². The Morgan fingerprint density at radius 3 is 2.50 bits per heavy atom. The van der Waals surface area contributed by atoms with Crippen molar-refractivity contribution >= 4 is 10.0 Å². The van der Waals surface area contributed by atoms with E-state index in [2.05, 4.69) is 0 Å². The summed E-state index contributed by atoms with van der Waals surface area (Å²) in [5.74, 6) is -0.793. The maximum absolute atomic E-state index is 13.6. The molecule has 0 saturated carbocycles. The van der Waals surface area contributed by atoms with Crippen LogP contribution in [0.3, 0.4) is 0 Å². The lowest BCUT2D eigenvalue weighted by molar-refractivity contribution is 0.168. The van der Waals surface area contributed by atoms with Gasteiger partial charge < -0.3 is 14.6 Å². The van der Waals surface area contributed by atoms with Gasteiger partial charge in [0.25, 0.3) is 0 Å². The minimum atomic E-state index is -3.89.